The van der Waals surface area contributed by atoms with Crippen LogP contribution in [0.15, 0.2) is 92.4 Å². The summed E-state index contributed by atoms with van der Waals surface area (Å²) in [6.07, 6.45) is 1.90. The Morgan fingerprint density at radius 3 is 2.45 bits per heavy atom. The number of rotatable bonds is 4. The summed E-state index contributed by atoms with van der Waals surface area (Å²) in [5.74, 6) is -2.88. The predicted octanol–water partition coefficient (Wildman–Crippen LogP) is 4.27. The molecule has 0 unspecified atom stereocenters. The van der Waals surface area contributed by atoms with Crippen molar-refractivity contribution < 1.29 is 19.4 Å². The second-order valence-electron chi connectivity index (χ2n) is 11.2. The number of hydrogen-bond acceptors (Lipinski definition) is 6. The number of halogens is 2. The van der Waals surface area contributed by atoms with Gasteiger partial charge in [0.1, 0.15) is 0 Å². The topological polar surface area (TPSA) is 116 Å². The number of nitrogens with zero attached hydrogens (tertiary/aromatic N) is 4. The van der Waals surface area contributed by atoms with Crippen molar-refractivity contribution in [2.45, 2.75) is 30.3 Å². The molecule has 1 aromatic heterocycles. The number of carbonyl (C=O) groups excluding carboxylic acids is 2. The summed E-state index contributed by atoms with van der Waals surface area (Å²) < 4.78 is 9.85. The minimum absolute atomic E-state index is 0.0636. The first-order valence-electron chi connectivity index (χ1n) is 13.9. The van der Waals surface area contributed by atoms with E-state index in [2.05, 4.69) is 15.9 Å². The fraction of sp³-hybridized carbons (Fsp3) is 0.250. The SMILES string of the molecule is COc1cc(Br)cc([C@H]2C3=CCn4c(=O)n(C)c(=O)n4[C@@H]3C[C@H]3C(=O)N(c4cccc(Cl)c4)C(=O)[C@@]23c2ccccc2)c1O. The van der Waals surface area contributed by atoms with E-state index in [4.69, 9.17) is 16.3 Å². The Morgan fingerprint density at radius 2 is 1.75 bits per heavy atom. The van der Waals surface area contributed by atoms with E-state index in [-0.39, 0.29) is 24.5 Å². The normalized spacial score (nSPS) is 24.0. The summed E-state index contributed by atoms with van der Waals surface area (Å²) in [5, 5.41) is 12.0. The summed E-state index contributed by atoms with van der Waals surface area (Å²) >= 11 is 9.86. The largest absolute Gasteiger partial charge is 0.504 e. The number of phenols is 1. The van der Waals surface area contributed by atoms with Gasteiger partial charge in [0, 0.05) is 28.0 Å². The van der Waals surface area contributed by atoms with Crippen LogP contribution in [0.25, 0.3) is 0 Å². The Labute approximate surface area is 264 Å². The highest BCUT2D eigenvalue weighted by Gasteiger charge is 2.69. The van der Waals surface area contributed by atoms with Crippen molar-refractivity contribution in [2.24, 2.45) is 13.0 Å². The zero-order valence-electron chi connectivity index (χ0n) is 23.6. The van der Waals surface area contributed by atoms with Gasteiger partial charge in [-0.1, -0.05) is 70.0 Å². The van der Waals surface area contributed by atoms with Gasteiger partial charge in [0.25, 0.3) is 0 Å². The molecule has 12 heteroatoms. The number of fused-ring (bicyclic) bond motifs is 4. The number of anilines is 1. The molecule has 0 bridgehead atoms. The zero-order chi connectivity index (χ0) is 31.1. The highest BCUT2D eigenvalue weighted by molar-refractivity contribution is 9.10. The van der Waals surface area contributed by atoms with Crippen LogP contribution >= 0.6 is 27.5 Å². The van der Waals surface area contributed by atoms with Gasteiger partial charge in [0.05, 0.1) is 36.7 Å². The molecule has 44 heavy (non-hydrogen) atoms. The molecule has 2 amide bonds. The standard InChI is InChI=1S/C32H26BrClN4O6/c1-35-30(42)36-12-11-21-24(38(36)31(35)43)16-23-28(40)37(20-10-6-9-19(34)15-20)29(41)32(23,17-7-4-3-5-8-17)26(21)22-13-18(33)14-25(44-2)27(22)39/h3-11,13-15,23-24,26,39H,12,16H2,1-2H3/t23-,24+,26+,32+/m0/s1. The average molecular weight is 678 g/mol. The van der Waals surface area contributed by atoms with E-state index in [1.54, 1.807) is 48.5 Å². The molecule has 7 rings (SSSR count). The van der Waals surface area contributed by atoms with Gasteiger partial charge in [0.2, 0.25) is 11.8 Å². The second-order valence-corrected chi connectivity index (χ2v) is 12.6. The van der Waals surface area contributed by atoms with Crippen LogP contribution in [0.1, 0.15) is 29.5 Å². The number of carbonyl (C=O) groups is 2. The van der Waals surface area contributed by atoms with Crippen molar-refractivity contribution in [3.63, 3.8) is 0 Å². The first kappa shape index (κ1) is 28.4. The molecular formula is C32H26BrClN4O6. The van der Waals surface area contributed by atoms with Gasteiger partial charge < -0.3 is 9.84 Å². The molecule has 3 heterocycles. The lowest BCUT2D eigenvalue weighted by molar-refractivity contribution is -0.124. The summed E-state index contributed by atoms with van der Waals surface area (Å²) in [4.78, 5) is 57.4. The van der Waals surface area contributed by atoms with Crippen LogP contribution in [0.3, 0.4) is 0 Å². The van der Waals surface area contributed by atoms with Gasteiger partial charge in [-0.3, -0.25) is 9.59 Å². The molecule has 0 spiro atoms. The van der Waals surface area contributed by atoms with Crippen LogP contribution < -0.4 is 21.0 Å². The van der Waals surface area contributed by atoms with Gasteiger partial charge in [0.15, 0.2) is 11.5 Å². The van der Waals surface area contributed by atoms with Crippen molar-refractivity contribution in [1.82, 2.24) is 13.9 Å². The number of phenolic OH excluding ortho intramolecular Hbond substituents is 1. The highest BCUT2D eigenvalue weighted by atomic mass is 79.9. The number of amides is 2. The monoisotopic (exact) mass is 676 g/mol. The van der Waals surface area contributed by atoms with Crippen molar-refractivity contribution >= 4 is 45.0 Å². The van der Waals surface area contributed by atoms with Crippen LogP contribution in [0.5, 0.6) is 11.5 Å². The summed E-state index contributed by atoms with van der Waals surface area (Å²) in [5.41, 5.74) is -0.666. The van der Waals surface area contributed by atoms with E-state index in [1.165, 1.54) is 28.4 Å². The van der Waals surface area contributed by atoms with E-state index >= 15 is 4.79 Å². The van der Waals surface area contributed by atoms with E-state index in [1.807, 2.05) is 24.3 Å². The highest BCUT2D eigenvalue weighted by Crippen LogP contribution is 2.63. The Bertz CT molecular complexity index is 2030. The molecule has 1 saturated carbocycles. The summed E-state index contributed by atoms with van der Waals surface area (Å²) in [7, 11) is 2.84. The third-order valence-electron chi connectivity index (χ3n) is 9.22. The molecule has 4 atom stereocenters. The van der Waals surface area contributed by atoms with Crippen LogP contribution in [0, 0.1) is 5.92 Å². The van der Waals surface area contributed by atoms with Crippen LogP contribution in [0.4, 0.5) is 5.69 Å². The fourth-order valence-electron chi connectivity index (χ4n) is 7.43. The lowest BCUT2D eigenvalue weighted by Gasteiger charge is -2.49. The first-order chi connectivity index (χ1) is 21.1. The number of allylic oxidation sites excluding steroid dienone is 2. The number of ether oxygens (including phenoxy) is 1. The lowest BCUT2D eigenvalue weighted by Crippen LogP contribution is -2.53. The number of hydrogen-bond donors (Lipinski definition) is 1. The van der Waals surface area contributed by atoms with Crippen LogP contribution in [-0.2, 0) is 28.6 Å². The van der Waals surface area contributed by atoms with Crippen LogP contribution in [-0.4, -0.2) is 38.0 Å². The number of benzene rings is 3. The van der Waals surface area contributed by atoms with E-state index < -0.39 is 46.5 Å². The van der Waals surface area contributed by atoms with Crippen molar-refractivity contribution in [3.8, 4) is 11.5 Å². The zero-order valence-corrected chi connectivity index (χ0v) is 25.9. The van der Waals surface area contributed by atoms with Gasteiger partial charge in [-0.05, 0) is 47.9 Å². The molecule has 3 aromatic carbocycles. The molecule has 4 aromatic rings. The Balaban J connectivity index is 1.59. The van der Waals surface area contributed by atoms with E-state index in [9.17, 15) is 19.5 Å². The molecule has 3 aliphatic rings. The molecule has 1 aliphatic carbocycles. The molecule has 224 valence electrons. The van der Waals surface area contributed by atoms with Crippen LogP contribution in [0.2, 0.25) is 5.02 Å². The van der Waals surface area contributed by atoms with Gasteiger partial charge >= 0.3 is 11.4 Å². The number of aromatic nitrogens is 3. The molecule has 0 radical (unpaired) electrons. The van der Waals surface area contributed by atoms with Crippen molar-refractivity contribution in [2.75, 3.05) is 12.0 Å². The van der Waals surface area contributed by atoms with Gasteiger partial charge in [-0.25, -0.2) is 28.4 Å². The number of aromatic hydroxyl groups is 1. The van der Waals surface area contributed by atoms with Crippen molar-refractivity contribution in [1.29, 1.82) is 0 Å². The maximum atomic E-state index is 15.1. The Hall–Kier alpha value is -4.35. The Kier molecular flexibility index (Phi) is 6.52. The predicted molar refractivity (Wildman–Crippen MR) is 166 cm³/mol. The number of imide groups is 1. The maximum Gasteiger partial charge on any atom is 0.347 e. The van der Waals surface area contributed by atoms with Gasteiger partial charge in [-0.2, -0.15) is 0 Å². The van der Waals surface area contributed by atoms with Gasteiger partial charge in [-0.15, -0.1) is 0 Å². The molecule has 2 aliphatic heterocycles. The van der Waals surface area contributed by atoms with E-state index in [0.29, 0.717) is 31.9 Å². The lowest BCUT2D eigenvalue weighted by atomic mass is 9.53. The smallest absolute Gasteiger partial charge is 0.347 e. The molecule has 1 saturated heterocycles. The molecule has 1 N–H and O–H groups in total. The average Bonchev–Trinajstić information content (AvgIpc) is 3.38. The van der Waals surface area contributed by atoms with Crippen molar-refractivity contribution in [3.05, 3.63) is 120 Å². The second kappa shape index (κ2) is 10.1. The summed E-state index contributed by atoms with van der Waals surface area (Å²) in [6, 6.07) is 18.2. The Morgan fingerprint density at radius 1 is 1.00 bits per heavy atom. The third-order valence-corrected chi connectivity index (χ3v) is 9.91. The minimum atomic E-state index is -1.53. The minimum Gasteiger partial charge on any atom is -0.504 e. The van der Waals surface area contributed by atoms with E-state index in [0.717, 1.165) is 4.57 Å². The molecular weight excluding hydrogens is 652 g/mol. The first-order valence-corrected chi connectivity index (χ1v) is 15.1. The third kappa shape index (κ3) is 3.72. The maximum absolute atomic E-state index is 15.1. The molecule has 2 fully saturated rings. The quantitative estimate of drug-likeness (QED) is 0.255. The summed E-state index contributed by atoms with van der Waals surface area (Å²) in [6.45, 7) is 0.0683. The number of methoxy groups -OCH3 is 1. The fourth-order valence-corrected chi connectivity index (χ4v) is 8.07. The molecule has 10 nitrogen and oxygen atoms in total.